The van der Waals surface area contributed by atoms with Crippen LogP contribution in [-0.2, 0) is 4.79 Å². The second-order valence-corrected chi connectivity index (χ2v) is 9.65. The van der Waals surface area contributed by atoms with Crippen LogP contribution >= 0.6 is 34.3 Å². The van der Waals surface area contributed by atoms with Crippen LogP contribution in [0, 0.1) is 0 Å². The lowest BCUT2D eigenvalue weighted by Gasteiger charge is -2.24. The number of ketones is 1. The number of thiazole rings is 1. The topological polar surface area (TPSA) is 79.7 Å². The van der Waals surface area contributed by atoms with Gasteiger partial charge in [-0.15, -0.1) is 11.3 Å². The van der Waals surface area contributed by atoms with Gasteiger partial charge in [0, 0.05) is 5.02 Å². The Morgan fingerprint density at radius 1 is 1.21 bits per heavy atom. The number of anilines is 1. The molecule has 1 amide bonds. The van der Waals surface area contributed by atoms with Gasteiger partial charge < -0.3 is 9.84 Å². The molecule has 2 aromatic carbocycles. The third kappa shape index (κ3) is 3.80. The first-order valence-corrected chi connectivity index (χ1v) is 12.2. The molecule has 5 rings (SSSR count). The van der Waals surface area contributed by atoms with E-state index in [0.717, 1.165) is 4.70 Å². The van der Waals surface area contributed by atoms with Crippen LogP contribution in [0.3, 0.4) is 0 Å². The number of hydrogen-bond donors (Lipinski definition) is 1. The number of halogens is 1. The van der Waals surface area contributed by atoms with Crippen molar-refractivity contribution in [1.82, 2.24) is 4.98 Å². The summed E-state index contributed by atoms with van der Waals surface area (Å²) in [6.45, 7) is 2.44. The quantitative estimate of drug-likeness (QED) is 0.322. The van der Waals surface area contributed by atoms with Crippen molar-refractivity contribution in [3.63, 3.8) is 0 Å². The average Bonchev–Trinajstić information content (AvgIpc) is 3.53. The molecule has 0 spiro atoms. The van der Waals surface area contributed by atoms with Crippen LogP contribution in [0.2, 0.25) is 5.02 Å². The molecule has 1 N–H and O–H groups in total. The highest BCUT2D eigenvalue weighted by Crippen LogP contribution is 2.45. The van der Waals surface area contributed by atoms with E-state index in [1.165, 1.54) is 27.6 Å². The van der Waals surface area contributed by atoms with Crippen molar-refractivity contribution in [2.24, 2.45) is 0 Å². The molecule has 1 aliphatic rings. The smallest absolute Gasteiger partial charge is 0.296 e. The molecule has 0 saturated heterocycles. The van der Waals surface area contributed by atoms with Crippen molar-refractivity contribution in [3.05, 3.63) is 86.8 Å². The summed E-state index contributed by atoms with van der Waals surface area (Å²) in [5.41, 5.74) is 1.36. The second kappa shape index (κ2) is 8.62. The maximum Gasteiger partial charge on any atom is 0.296 e. The van der Waals surface area contributed by atoms with E-state index in [1.54, 1.807) is 41.8 Å². The minimum atomic E-state index is -0.837. The third-order valence-electron chi connectivity index (χ3n) is 5.25. The molecule has 0 unspecified atom stereocenters. The molecule has 166 valence electrons. The van der Waals surface area contributed by atoms with Gasteiger partial charge in [-0.1, -0.05) is 41.1 Å². The summed E-state index contributed by atoms with van der Waals surface area (Å²) in [4.78, 5) is 33.1. The van der Waals surface area contributed by atoms with Gasteiger partial charge in [0.1, 0.15) is 5.75 Å². The number of benzene rings is 2. The summed E-state index contributed by atoms with van der Waals surface area (Å²) >= 11 is 8.62. The summed E-state index contributed by atoms with van der Waals surface area (Å²) in [6.07, 6.45) is 0. The molecule has 33 heavy (non-hydrogen) atoms. The number of carbonyl (C=O) groups excluding carboxylic acids is 2. The standard InChI is InChI=1S/C24H17ClN2O4S2/c1-2-31-15-9-10-16-18(12-15)33-24(26-16)27-20(13-5-7-14(25)8-6-13)19(22(29)23(27)30)21(28)17-4-3-11-32-17/h3-12,20,29H,2H2,1H3/t20-/m1/s1. The van der Waals surface area contributed by atoms with Crippen LogP contribution in [0.1, 0.15) is 28.2 Å². The van der Waals surface area contributed by atoms with Gasteiger partial charge in [-0.25, -0.2) is 4.98 Å². The van der Waals surface area contributed by atoms with Crippen LogP contribution < -0.4 is 9.64 Å². The fourth-order valence-electron chi connectivity index (χ4n) is 3.79. The van der Waals surface area contributed by atoms with Gasteiger partial charge in [0.15, 0.2) is 10.9 Å². The zero-order chi connectivity index (χ0) is 23.1. The maximum atomic E-state index is 13.3. The van der Waals surface area contributed by atoms with Gasteiger partial charge in [-0.05, 0) is 54.3 Å². The van der Waals surface area contributed by atoms with Crippen molar-refractivity contribution in [2.45, 2.75) is 13.0 Å². The fraction of sp³-hybridized carbons (Fsp3) is 0.125. The van der Waals surface area contributed by atoms with Gasteiger partial charge >= 0.3 is 0 Å². The number of aliphatic hydroxyl groups is 1. The Balaban J connectivity index is 1.64. The predicted octanol–water partition coefficient (Wildman–Crippen LogP) is 6.19. The number of nitrogens with zero attached hydrogens (tertiary/aromatic N) is 2. The number of thiophene rings is 1. The van der Waals surface area contributed by atoms with E-state index in [-0.39, 0.29) is 5.57 Å². The zero-order valence-electron chi connectivity index (χ0n) is 17.3. The fourth-order valence-corrected chi connectivity index (χ4v) is 5.61. The Hall–Kier alpha value is -3.20. The molecule has 0 bridgehead atoms. The lowest BCUT2D eigenvalue weighted by molar-refractivity contribution is -0.117. The summed E-state index contributed by atoms with van der Waals surface area (Å²) in [5, 5.41) is 13.5. The molecule has 0 aliphatic carbocycles. The van der Waals surface area contributed by atoms with Crippen molar-refractivity contribution in [2.75, 3.05) is 11.5 Å². The predicted molar refractivity (Wildman–Crippen MR) is 131 cm³/mol. The number of Topliss-reactive ketones (excluding diaryl/α,β-unsaturated/α-hetero) is 1. The molecule has 2 aromatic heterocycles. The number of rotatable bonds is 6. The molecule has 0 saturated carbocycles. The molecule has 3 heterocycles. The van der Waals surface area contributed by atoms with E-state index < -0.39 is 23.5 Å². The number of amides is 1. The van der Waals surface area contributed by atoms with E-state index in [2.05, 4.69) is 4.98 Å². The van der Waals surface area contributed by atoms with Crippen LogP contribution in [-0.4, -0.2) is 28.4 Å². The van der Waals surface area contributed by atoms with Gasteiger partial charge in [-0.2, -0.15) is 0 Å². The second-order valence-electron chi connectivity index (χ2n) is 7.26. The number of fused-ring (bicyclic) bond motifs is 1. The van der Waals surface area contributed by atoms with E-state index >= 15 is 0 Å². The number of hydrogen-bond acceptors (Lipinski definition) is 7. The Labute approximate surface area is 202 Å². The number of aliphatic hydroxyl groups excluding tert-OH is 1. The monoisotopic (exact) mass is 496 g/mol. The number of aromatic nitrogens is 1. The van der Waals surface area contributed by atoms with Gasteiger partial charge in [-0.3, -0.25) is 14.5 Å². The highest BCUT2D eigenvalue weighted by atomic mass is 35.5. The molecular weight excluding hydrogens is 480 g/mol. The van der Waals surface area contributed by atoms with Crippen LogP contribution in [0.25, 0.3) is 10.2 Å². The summed E-state index contributed by atoms with van der Waals surface area (Å²) in [6, 6.07) is 15.0. The minimum Gasteiger partial charge on any atom is -0.503 e. The SMILES string of the molecule is CCOc1ccc2nc(N3C(=O)C(O)=C(C(=O)c4cccs4)[C@H]3c3ccc(Cl)cc3)sc2c1. The summed E-state index contributed by atoms with van der Waals surface area (Å²) in [7, 11) is 0. The Kier molecular flexibility index (Phi) is 5.65. The third-order valence-corrected chi connectivity index (χ3v) is 7.39. The van der Waals surface area contributed by atoms with Gasteiger partial charge in [0.25, 0.3) is 5.91 Å². The Morgan fingerprint density at radius 3 is 2.70 bits per heavy atom. The van der Waals surface area contributed by atoms with E-state index in [9.17, 15) is 14.7 Å². The minimum absolute atomic E-state index is 0.0269. The maximum absolute atomic E-state index is 13.3. The van der Waals surface area contributed by atoms with Crippen molar-refractivity contribution in [3.8, 4) is 5.75 Å². The van der Waals surface area contributed by atoms with E-state index in [4.69, 9.17) is 16.3 Å². The molecule has 1 aliphatic heterocycles. The number of carbonyl (C=O) groups is 2. The molecule has 0 radical (unpaired) electrons. The van der Waals surface area contributed by atoms with Gasteiger partial charge in [0.2, 0.25) is 5.78 Å². The molecule has 6 nitrogen and oxygen atoms in total. The van der Waals surface area contributed by atoms with Crippen molar-refractivity contribution < 1.29 is 19.4 Å². The molecular formula is C24H17ClN2O4S2. The lowest BCUT2D eigenvalue weighted by Crippen LogP contribution is -2.30. The van der Waals surface area contributed by atoms with Crippen LogP contribution in [0.4, 0.5) is 5.13 Å². The normalized spacial score (nSPS) is 16.1. The van der Waals surface area contributed by atoms with E-state index in [1.807, 2.05) is 25.1 Å². The van der Waals surface area contributed by atoms with Crippen molar-refractivity contribution in [1.29, 1.82) is 0 Å². The van der Waals surface area contributed by atoms with Crippen molar-refractivity contribution >= 4 is 61.3 Å². The Morgan fingerprint density at radius 2 is 2.00 bits per heavy atom. The first kappa shape index (κ1) is 21.6. The highest BCUT2D eigenvalue weighted by Gasteiger charge is 2.46. The highest BCUT2D eigenvalue weighted by molar-refractivity contribution is 7.22. The summed E-state index contributed by atoms with van der Waals surface area (Å²) < 4.78 is 6.40. The zero-order valence-corrected chi connectivity index (χ0v) is 19.7. The Bertz CT molecular complexity index is 1390. The molecule has 1 atom stereocenters. The van der Waals surface area contributed by atoms with Crippen LogP contribution in [0.15, 0.2) is 71.3 Å². The first-order valence-electron chi connectivity index (χ1n) is 10.1. The van der Waals surface area contributed by atoms with Gasteiger partial charge in [0.05, 0.1) is 33.3 Å². The van der Waals surface area contributed by atoms with E-state index in [0.29, 0.717) is 38.5 Å². The molecule has 4 aromatic rings. The largest absolute Gasteiger partial charge is 0.503 e. The lowest BCUT2D eigenvalue weighted by atomic mass is 9.95. The first-order chi connectivity index (χ1) is 16.0. The summed E-state index contributed by atoms with van der Waals surface area (Å²) in [5.74, 6) is -0.920. The van der Waals surface area contributed by atoms with Crippen LogP contribution in [0.5, 0.6) is 5.75 Å². The molecule has 9 heteroatoms. The average molecular weight is 497 g/mol. The molecule has 0 fully saturated rings. The number of ether oxygens (including phenoxy) is 1.